The molecule has 0 aromatic carbocycles. The fourth-order valence-corrected chi connectivity index (χ4v) is 4.96. The summed E-state index contributed by atoms with van der Waals surface area (Å²) in [7, 11) is 3.02. The minimum absolute atomic E-state index is 0.0248. The van der Waals surface area contributed by atoms with E-state index in [-0.39, 0.29) is 46.2 Å². The van der Waals surface area contributed by atoms with Gasteiger partial charge in [0.25, 0.3) is 11.8 Å². The van der Waals surface area contributed by atoms with Gasteiger partial charge in [0.1, 0.15) is 11.1 Å². The van der Waals surface area contributed by atoms with Crippen LogP contribution < -0.4 is 15.5 Å². The summed E-state index contributed by atoms with van der Waals surface area (Å²) in [4.78, 5) is 51.5. The second-order valence-electron chi connectivity index (χ2n) is 8.04. The molecule has 1 saturated heterocycles. The summed E-state index contributed by atoms with van der Waals surface area (Å²) in [5, 5.41) is 6.35. The highest BCUT2D eigenvalue weighted by molar-refractivity contribution is 7.17. The van der Waals surface area contributed by atoms with E-state index in [1.807, 2.05) is 11.8 Å². The van der Waals surface area contributed by atoms with Crippen molar-refractivity contribution in [3.05, 3.63) is 27.2 Å². The normalized spacial score (nSPS) is 18.6. The number of aromatic nitrogens is 3. The Hall–Kier alpha value is -2.74. The van der Waals surface area contributed by atoms with Gasteiger partial charge >= 0.3 is 5.97 Å². The largest absolute Gasteiger partial charge is 0.462 e. The number of H-pyrrole nitrogens is 1. The van der Waals surface area contributed by atoms with Crippen LogP contribution in [-0.2, 0) is 20.6 Å². The van der Waals surface area contributed by atoms with Crippen LogP contribution in [-0.4, -0.2) is 85.0 Å². The molecular formula is C22H31ClN6O6S. The number of hydrogen-bond acceptors (Lipinski definition) is 10. The average Bonchev–Trinajstić information content (AvgIpc) is 3.48. The Bertz CT molecular complexity index is 1090. The molecule has 2 aromatic heterocycles. The highest BCUT2D eigenvalue weighted by Gasteiger charge is 2.34. The fourth-order valence-electron chi connectivity index (χ4n) is 3.71. The number of carbonyl (C=O) groups is 3. The average molecular weight is 543 g/mol. The van der Waals surface area contributed by atoms with Crippen molar-refractivity contribution in [3.63, 3.8) is 0 Å². The minimum Gasteiger partial charge on any atom is -0.462 e. The van der Waals surface area contributed by atoms with E-state index in [2.05, 4.69) is 25.6 Å². The predicted octanol–water partition coefficient (Wildman–Crippen LogP) is 2.00. The highest BCUT2D eigenvalue weighted by atomic mass is 35.5. The number of thiazole rings is 1. The number of esters is 1. The lowest BCUT2D eigenvalue weighted by Crippen LogP contribution is -2.55. The van der Waals surface area contributed by atoms with Crippen LogP contribution in [0.25, 0.3) is 0 Å². The van der Waals surface area contributed by atoms with Crippen LogP contribution in [0.2, 0.25) is 5.15 Å². The molecule has 198 valence electrons. The number of piperidine rings is 1. The lowest BCUT2D eigenvalue weighted by atomic mass is 10.0. The molecule has 3 rings (SSSR count). The number of methoxy groups -OCH3 is 2. The molecule has 3 N–H and O–H groups in total. The van der Waals surface area contributed by atoms with E-state index in [1.54, 1.807) is 21.0 Å². The first-order valence-corrected chi connectivity index (χ1v) is 12.8. The molecule has 0 bridgehead atoms. The molecule has 2 amide bonds. The summed E-state index contributed by atoms with van der Waals surface area (Å²) in [5.74, 6) is -1.38. The summed E-state index contributed by atoms with van der Waals surface area (Å²) in [6.45, 7) is 6.32. The molecule has 0 aliphatic carbocycles. The third kappa shape index (κ3) is 6.33. The second kappa shape index (κ2) is 12.5. The number of halogens is 1. The summed E-state index contributed by atoms with van der Waals surface area (Å²) in [5.41, 5.74) is 0.670. The van der Waals surface area contributed by atoms with Crippen LogP contribution in [0.5, 0.6) is 0 Å². The van der Waals surface area contributed by atoms with E-state index >= 15 is 0 Å². The maximum atomic E-state index is 12.8. The zero-order chi connectivity index (χ0) is 26.4. The molecule has 3 unspecified atom stereocenters. The number of anilines is 1. The topological polar surface area (TPSA) is 148 Å². The van der Waals surface area contributed by atoms with E-state index in [4.69, 9.17) is 25.8 Å². The summed E-state index contributed by atoms with van der Waals surface area (Å²) in [6.07, 6.45) is 0.229. The van der Waals surface area contributed by atoms with Gasteiger partial charge in [0, 0.05) is 27.3 Å². The third-order valence-electron chi connectivity index (χ3n) is 5.73. The van der Waals surface area contributed by atoms with Gasteiger partial charge in [-0.15, -0.1) is 0 Å². The summed E-state index contributed by atoms with van der Waals surface area (Å²) < 4.78 is 15.9. The molecule has 3 atom stereocenters. The molecule has 1 fully saturated rings. The summed E-state index contributed by atoms with van der Waals surface area (Å²) in [6, 6.07) is -0.289. The van der Waals surface area contributed by atoms with E-state index in [0.29, 0.717) is 36.8 Å². The minimum atomic E-state index is -0.620. The van der Waals surface area contributed by atoms with Gasteiger partial charge in [-0.05, 0) is 26.7 Å². The molecule has 0 radical (unpaired) electrons. The number of aromatic amines is 1. The number of hydrogen-bond donors (Lipinski definition) is 3. The van der Waals surface area contributed by atoms with Crippen molar-refractivity contribution < 1.29 is 28.6 Å². The Morgan fingerprint density at radius 2 is 2.00 bits per heavy atom. The number of aryl methyl sites for hydroxylation is 1. The molecule has 0 spiro atoms. The van der Waals surface area contributed by atoms with E-state index in [0.717, 1.165) is 11.3 Å². The highest BCUT2D eigenvalue weighted by Crippen LogP contribution is 2.30. The number of nitrogens with one attached hydrogen (secondary N) is 3. The molecule has 14 heteroatoms. The predicted molar refractivity (Wildman–Crippen MR) is 134 cm³/mol. The van der Waals surface area contributed by atoms with Crippen LogP contribution in [0.1, 0.15) is 63.7 Å². The van der Waals surface area contributed by atoms with Crippen molar-refractivity contribution >= 4 is 45.9 Å². The molecule has 3 heterocycles. The molecule has 36 heavy (non-hydrogen) atoms. The number of nitrogens with zero attached hydrogens (tertiary/aromatic N) is 3. The van der Waals surface area contributed by atoms with Gasteiger partial charge in [-0.25, -0.2) is 14.8 Å². The molecule has 1 aliphatic rings. The van der Waals surface area contributed by atoms with Gasteiger partial charge in [0.15, 0.2) is 21.8 Å². The van der Waals surface area contributed by atoms with Crippen LogP contribution >= 0.6 is 22.9 Å². The Morgan fingerprint density at radius 1 is 1.25 bits per heavy atom. The van der Waals surface area contributed by atoms with Crippen molar-refractivity contribution in [2.24, 2.45) is 0 Å². The lowest BCUT2D eigenvalue weighted by Gasteiger charge is -2.37. The quantitative estimate of drug-likeness (QED) is 0.303. The second-order valence-corrected chi connectivity index (χ2v) is 9.38. The maximum Gasteiger partial charge on any atom is 0.350 e. The Kier molecular flexibility index (Phi) is 9.65. The molecular weight excluding hydrogens is 512 g/mol. The fraction of sp³-hybridized carbons (Fsp3) is 0.591. The van der Waals surface area contributed by atoms with Gasteiger partial charge < -0.3 is 34.7 Å². The number of imidazole rings is 1. The molecule has 0 saturated carbocycles. The van der Waals surface area contributed by atoms with Crippen molar-refractivity contribution in [1.29, 1.82) is 0 Å². The van der Waals surface area contributed by atoms with Gasteiger partial charge in [0.05, 0.1) is 24.4 Å². The third-order valence-corrected chi connectivity index (χ3v) is 7.13. The number of carbonyl (C=O) groups excluding carboxylic acids is 3. The standard InChI is InChI=1S/C22H31ClN6O6S/c1-6-12-17(23)28-18(25-12)20(31)26-13-8-9-29(10-14(13)34-5)22-27-15(19(30)24-11(3)33-4)16(36-22)21(32)35-7-2/h11,13-14H,6-10H2,1-5H3,(H,24,30)(H,25,28)(H,26,31). The maximum absolute atomic E-state index is 12.8. The monoisotopic (exact) mass is 542 g/mol. The number of amides is 2. The van der Waals surface area contributed by atoms with Gasteiger partial charge in [-0.1, -0.05) is 29.9 Å². The van der Waals surface area contributed by atoms with Crippen LogP contribution in [0.3, 0.4) is 0 Å². The lowest BCUT2D eigenvalue weighted by molar-refractivity contribution is 0.0521. The first-order valence-electron chi connectivity index (χ1n) is 11.6. The van der Waals surface area contributed by atoms with Crippen molar-refractivity contribution in [1.82, 2.24) is 25.6 Å². The number of rotatable bonds is 10. The van der Waals surface area contributed by atoms with Gasteiger partial charge in [0.2, 0.25) is 0 Å². The number of ether oxygens (including phenoxy) is 3. The Balaban J connectivity index is 1.76. The van der Waals surface area contributed by atoms with E-state index in [1.165, 1.54) is 7.11 Å². The van der Waals surface area contributed by atoms with Crippen molar-refractivity contribution in [2.45, 2.75) is 52.0 Å². The van der Waals surface area contributed by atoms with Gasteiger partial charge in [-0.2, -0.15) is 0 Å². The van der Waals surface area contributed by atoms with E-state index < -0.39 is 18.1 Å². The molecule has 12 nitrogen and oxygen atoms in total. The Labute approximate surface area is 218 Å². The van der Waals surface area contributed by atoms with Crippen LogP contribution in [0.15, 0.2) is 0 Å². The summed E-state index contributed by atoms with van der Waals surface area (Å²) >= 11 is 7.14. The molecule has 1 aliphatic heterocycles. The first kappa shape index (κ1) is 27.8. The van der Waals surface area contributed by atoms with Crippen molar-refractivity contribution in [2.75, 3.05) is 38.8 Å². The zero-order valence-electron chi connectivity index (χ0n) is 20.8. The molecule has 2 aromatic rings. The SMILES string of the molecule is CCOC(=O)c1sc(N2CCC(NC(=O)c3nc(Cl)c(CC)[nH]3)C(OC)C2)nc1C(=O)NC(C)OC. The van der Waals surface area contributed by atoms with Gasteiger partial charge in [-0.3, -0.25) is 9.59 Å². The van der Waals surface area contributed by atoms with Crippen LogP contribution in [0, 0.1) is 0 Å². The first-order chi connectivity index (χ1) is 17.2. The van der Waals surface area contributed by atoms with E-state index in [9.17, 15) is 14.4 Å². The van der Waals surface area contributed by atoms with Crippen LogP contribution in [0.4, 0.5) is 5.13 Å². The smallest absolute Gasteiger partial charge is 0.350 e. The van der Waals surface area contributed by atoms with Crippen molar-refractivity contribution in [3.8, 4) is 0 Å². The Morgan fingerprint density at radius 3 is 2.61 bits per heavy atom. The zero-order valence-corrected chi connectivity index (χ0v) is 22.4.